The minimum absolute atomic E-state index is 0.592. The van der Waals surface area contributed by atoms with E-state index in [1.54, 1.807) is 0 Å². The number of carbonyl (C=O) groups is 1. The van der Waals surface area contributed by atoms with E-state index in [0.717, 1.165) is 12.2 Å². The largest absolute Gasteiger partial charge is 0.479 e. The van der Waals surface area contributed by atoms with Crippen LogP contribution < -0.4 is 0 Å². The van der Waals surface area contributed by atoms with Crippen LogP contribution in [0.4, 0.5) is 0 Å². The minimum atomic E-state index is -1.00. The van der Waals surface area contributed by atoms with Crippen molar-refractivity contribution >= 4 is 29.3 Å². The van der Waals surface area contributed by atoms with Gasteiger partial charge in [0, 0.05) is 0 Å². The summed E-state index contributed by atoms with van der Waals surface area (Å²) in [6, 6.07) is 0. The number of alkyl halides is 1. The average Bonchev–Trinajstić information content (AvgIpc) is 2.16. The Balaban J connectivity index is 2.61. The number of rotatable bonds is 1. The smallest absolute Gasteiger partial charge is 0.335 e. The molecule has 0 aromatic rings. The van der Waals surface area contributed by atoms with Crippen molar-refractivity contribution in [3.8, 4) is 0 Å². The van der Waals surface area contributed by atoms with E-state index in [-0.39, 0.29) is 0 Å². The van der Waals surface area contributed by atoms with Crippen molar-refractivity contribution in [3.05, 3.63) is 0 Å². The van der Waals surface area contributed by atoms with Crippen molar-refractivity contribution in [2.75, 3.05) is 5.75 Å². The first kappa shape index (κ1) is 7.22. The lowest BCUT2D eigenvalue weighted by Crippen LogP contribution is -2.24. The number of thioether (sulfide) groups is 1. The van der Waals surface area contributed by atoms with Gasteiger partial charge in [-0.1, -0.05) is 11.6 Å². The van der Waals surface area contributed by atoms with Gasteiger partial charge in [0.25, 0.3) is 0 Å². The predicted molar refractivity (Wildman–Crippen MR) is 37.9 cm³/mol. The van der Waals surface area contributed by atoms with E-state index in [4.69, 9.17) is 16.7 Å². The van der Waals surface area contributed by atoms with Gasteiger partial charge in [-0.15, -0.1) is 11.8 Å². The SMILES string of the molecule is O=C(O)C1(Cl)CCCS1. The van der Waals surface area contributed by atoms with Crippen LogP contribution >= 0.6 is 23.4 Å². The molecule has 1 N–H and O–H groups in total. The number of carboxylic acid groups (broad SMARTS) is 1. The highest BCUT2D eigenvalue weighted by atomic mass is 35.5. The van der Waals surface area contributed by atoms with Crippen LogP contribution in [0, 0.1) is 0 Å². The van der Waals surface area contributed by atoms with Crippen LogP contribution in [0.15, 0.2) is 0 Å². The standard InChI is InChI=1S/C5H7ClO2S/c6-5(4(7)8)2-1-3-9-5/h1-3H2,(H,7,8). The van der Waals surface area contributed by atoms with Crippen LogP contribution in [0.3, 0.4) is 0 Å². The van der Waals surface area contributed by atoms with E-state index >= 15 is 0 Å². The summed E-state index contributed by atoms with van der Waals surface area (Å²) in [5.74, 6) is -0.0258. The quantitative estimate of drug-likeness (QED) is 0.601. The lowest BCUT2D eigenvalue weighted by molar-refractivity contribution is -0.137. The molecule has 1 unspecified atom stereocenters. The maximum Gasteiger partial charge on any atom is 0.335 e. The van der Waals surface area contributed by atoms with Crippen molar-refractivity contribution < 1.29 is 9.90 Å². The Morgan fingerprint density at radius 1 is 1.78 bits per heavy atom. The van der Waals surface area contributed by atoms with E-state index in [0.29, 0.717) is 6.42 Å². The molecule has 4 heteroatoms. The zero-order valence-corrected chi connectivity index (χ0v) is 6.34. The Bertz CT molecular complexity index is 131. The molecule has 1 aliphatic rings. The summed E-state index contributed by atoms with van der Waals surface area (Å²) in [4.78, 5) is 10.4. The lowest BCUT2D eigenvalue weighted by Gasteiger charge is -2.11. The molecule has 1 atom stereocenters. The van der Waals surface area contributed by atoms with Crippen LogP contribution in [-0.4, -0.2) is 21.0 Å². The van der Waals surface area contributed by atoms with E-state index in [2.05, 4.69) is 0 Å². The van der Waals surface area contributed by atoms with Gasteiger partial charge in [0.2, 0.25) is 0 Å². The maximum absolute atomic E-state index is 10.4. The number of hydrogen-bond acceptors (Lipinski definition) is 2. The molecule has 0 bridgehead atoms. The average molecular weight is 167 g/mol. The zero-order valence-electron chi connectivity index (χ0n) is 4.76. The van der Waals surface area contributed by atoms with Crippen LogP contribution in [0.1, 0.15) is 12.8 Å². The molecule has 0 aromatic carbocycles. The number of halogens is 1. The fourth-order valence-corrected chi connectivity index (χ4v) is 2.16. The van der Waals surface area contributed by atoms with Crippen molar-refractivity contribution in [2.24, 2.45) is 0 Å². The Labute approximate surface area is 62.6 Å². The Morgan fingerprint density at radius 2 is 2.44 bits per heavy atom. The van der Waals surface area contributed by atoms with Gasteiger partial charge in [0.1, 0.15) is 0 Å². The minimum Gasteiger partial charge on any atom is -0.479 e. The first-order valence-corrected chi connectivity index (χ1v) is 4.08. The summed E-state index contributed by atoms with van der Waals surface area (Å²) in [6.45, 7) is 0. The van der Waals surface area contributed by atoms with Gasteiger partial charge < -0.3 is 5.11 Å². The second-order valence-electron chi connectivity index (χ2n) is 1.99. The van der Waals surface area contributed by atoms with Crippen LogP contribution in [0.2, 0.25) is 0 Å². The monoisotopic (exact) mass is 166 g/mol. The Hall–Kier alpha value is 0.110. The molecule has 0 aliphatic carbocycles. The van der Waals surface area contributed by atoms with Crippen molar-refractivity contribution in [2.45, 2.75) is 17.0 Å². The molecule has 1 heterocycles. The second-order valence-corrected chi connectivity index (χ2v) is 4.25. The predicted octanol–water partition coefficient (Wildman–Crippen LogP) is 1.53. The van der Waals surface area contributed by atoms with Crippen molar-refractivity contribution in [1.82, 2.24) is 0 Å². The lowest BCUT2D eigenvalue weighted by atomic mass is 10.2. The molecule has 0 radical (unpaired) electrons. The van der Waals surface area contributed by atoms with Gasteiger partial charge in [-0.05, 0) is 18.6 Å². The molecule has 52 valence electrons. The molecule has 1 fully saturated rings. The third-order valence-electron chi connectivity index (χ3n) is 1.29. The third-order valence-corrected chi connectivity index (χ3v) is 3.30. The van der Waals surface area contributed by atoms with Gasteiger partial charge in [-0.25, -0.2) is 4.79 Å². The van der Waals surface area contributed by atoms with Crippen LogP contribution in [-0.2, 0) is 4.79 Å². The molecule has 0 spiro atoms. The molecule has 0 amide bonds. The summed E-state index contributed by atoms with van der Waals surface area (Å²) >= 11 is 6.99. The highest BCUT2D eigenvalue weighted by Crippen LogP contribution is 2.41. The summed E-state index contributed by atoms with van der Waals surface area (Å²) < 4.78 is -1.00. The first-order chi connectivity index (χ1) is 4.15. The Kier molecular flexibility index (Phi) is 1.91. The van der Waals surface area contributed by atoms with Gasteiger partial charge >= 0.3 is 5.97 Å². The van der Waals surface area contributed by atoms with Gasteiger partial charge in [-0.3, -0.25) is 0 Å². The molecule has 0 saturated carbocycles. The van der Waals surface area contributed by atoms with E-state index < -0.39 is 10.2 Å². The normalized spacial score (nSPS) is 34.8. The zero-order chi connectivity index (χ0) is 6.91. The van der Waals surface area contributed by atoms with Crippen LogP contribution in [0.25, 0.3) is 0 Å². The van der Waals surface area contributed by atoms with Crippen LogP contribution in [0.5, 0.6) is 0 Å². The topological polar surface area (TPSA) is 37.3 Å². The highest BCUT2D eigenvalue weighted by Gasteiger charge is 2.39. The summed E-state index contributed by atoms with van der Waals surface area (Å²) in [5.41, 5.74) is 0. The molecular weight excluding hydrogens is 160 g/mol. The van der Waals surface area contributed by atoms with Crippen molar-refractivity contribution in [3.63, 3.8) is 0 Å². The molecule has 2 nitrogen and oxygen atoms in total. The van der Waals surface area contributed by atoms with Gasteiger partial charge in [0.05, 0.1) is 0 Å². The number of carboxylic acids is 1. The first-order valence-electron chi connectivity index (χ1n) is 2.71. The summed E-state index contributed by atoms with van der Waals surface area (Å²) in [5, 5.41) is 8.52. The summed E-state index contributed by atoms with van der Waals surface area (Å²) in [6.07, 6.45) is 1.51. The molecule has 1 saturated heterocycles. The fraction of sp³-hybridized carbons (Fsp3) is 0.800. The maximum atomic E-state index is 10.4. The van der Waals surface area contributed by atoms with Gasteiger partial charge in [-0.2, -0.15) is 0 Å². The van der Waals surface area contributed by atoms with E-state index in [9.17, 15) is 4.79 Å². The van der Waals surface area contributed by atoms with Gasteiger partial charge in [0.15, 0.2) is 4.21 Å². The van der Waals surface area contributed by atoms with E-state index in [1.807, 2.05) is 0 Å². The number of aliphatic carboxylic acids is 1. The molecule has 0 aromatic heterocycles. The second kappa shape index (κ2) is 2.39. The molecular formula is C5H7ClO2S. The molecule has 9 heavy (non-hydrogen) atoms. The van der Waals surface area contributed by atoms with E-state index in [1.165, 1.54) is 11.8 Å². The highest BCUT2D eigenvalue weighted by molar-refractivity contribution is 8.02. The number of hydrogen-bond donors (Lipinski definition) is 1. The molecule has 1 rings (SSSR count). The van der Waals surface area contributed by atoms with Crippen molar-refractivity contribution in [1.29, 1.82) is 0 Å². The fourth-order valence-electron chi connectivity index (χ4n) is 0.774. The third kappa shape index (κ3) is 1.33. The Morgan fingerprint density at radius 3 is 2.67 bits per heavy atom. The molecule has 1 aliphatic heterocycles. The summed E-state index contributed by atoms with van der Waals surface area (Å²) in [7, 11) is 0.